The summed E-state index contributed by atoms with van der Waals surface area (Å²) in [5, 5.41) is 11.0. The molecule has 0 radical (unpaired) electrons. The molecule has 5 heteroatoms. The summed E-state index contributed by atoms with van der Waals surface area (Å²) < 4.78 is 4.85. The van der Waals surface area contributed by atoms with Crippen LogP contribution < -0.4 is 0 Å². The van der Waals surface area contributed by atoms with Crippen molar-refractivity contribution in [3.8, 4) is 16.9 Å². The zero-order valence-electron chi connectivity index (χ0n) is 16.9. The molecule has 1 heterocycles. The molecule has 2 aromatic carbocycles. The smallest absolute Gasteiger partial charge is 0.306 e. The Bertz CT molecular complexity index is 1060. The minimum absolute atomic E-state index is 0.0175. The van der Waals surface area contributed by atoms with Crippen LogP contribution in [0.1, 0.15) is 55.6 Å². The number of pyridine rings is 1. The van der Waals surface area contributed by atoms with E-state index in [-0.39, 0.29) is 36.7 Å². The monoisotopic (exact) mass is 391 g/mol. The predicted octanol–water partition coefficient (Wildman–Crippen LogP) is 5.26. The highest BCUT2D eigenvalue weighted by atomic mass is 16.5. The van der Waals surface area contributed by atoms with E-state index in [2.05, 4.69) is 31.0 Å². The van der Waals surface area contributed by atoms with Crippen molar-refractivity contribution >= 4 is 22.7 Å². The highest BCUT2D eigenvalue weighted by molar-refractivity contribution is 6.00. The average Bonchev–Trinajstić information content (AvgIpc) is 2.71. The number of carbonyl (C=O) groups is 2. The number of esters is 1. The summed E-state index contributed by atoms with van der Waals surface area (Å²) in [5.41, 5.74) is 3.96. The van der Waals surface area contributed by atoms with Gasteiger partial charge in [-0.2, -0.15) is 0 Å². The molecule has 3 aromatic rings. The van der Waals surface area contributed by atoms with E-state index in [9.17, 15) is 14.7 Å². The second-order valence-corrected chi connectivity index (χ2v) is 7.23. The molecule has 0 atom stereocenters. The van der Waals surface area contributed by atoms with Crippen molar-refractivity contribution in [1.29, 1.82) is 0 Å². The van der Waals surface area contributed by atoms with Crippen molar-refractivity contribution in [1.82, 2.24) is 4.98 Å². The van der Waals surface area contributed by atoms with E-state index in [1.165, 1.54) is 11.6 Å². The summed E-state index contributed by atoms with van der Waals surface area (Å²) in [6.45, 7) is 6.28. The van der Waals surface area contributed by atoms with Crippen molar-refractivity contribution in [3.63, 3.8) is 0 Å². The summed E-state index contributed by atoms with van der Waals surface area (Å²) in [5.74, 6) is -0.629. The van der Waals surface area contributed by atoms with E-state index in [1.54, 1.807) is 6.92 Å². The Kier molecular flexibility index (Phi) is 6.27. The third kappa shape index (κ3) is 4.62. The Labute approximate surface area is 170 Å². The van der Waals surface area contributed by atoms with Gasteiger partial charge < -0.3 is 9.84 Å². The van der Waals surface area contributed by atoms with E-state index in [0.29, 0.717) is 11.4 Å². The largest absolute Gasteiger partial charge is 0.506 e. The van der Waals surface area contributed by atoms with Crippen LogP contribution in [0.3, 0.4) is 0 Å². The molecular formula is C24H25NO4. The van der Waals surface area contributed by atoms with Gasteiger partial charge in [0.05, 0.1) is 18.5 Å². The molecule has 1 N–H and O–H groups in total. The number of carbonyl (C=O) groups excluding carboxylic acids is 2. The van der Waals surface area contributed by atoms with Gasteiger partial charge >= 0.3 is 5.97 Å². The Morgan fingerprint density at radius 1 is 1.07 bits per heavy atom. The zero-order valence-corrected chi connectivity index (χ0v) is 16.9. The lowest BCUT2D eigenvalue weighted by Gasteiger charge is -2.13. The lowest BCUT2D eigenvalue weighted by atomic mass is 9.92. The molecule has 0 saturated carbocycles. The average molecular weight is 391 g/mol. The number of nitrogens with zero attached hydrogens (tertiary/aromatic N) is 1. The molecule has 1 aromatic heterocycles. The Morgan fingerprint density at radius 2 is 1.83 bits per heavy atom. The first-order valence-corrected chi connectivity index (χ1v) is 9.82. The third-order valence-corrected chi connectivity index (χ3v) is 4.82. The molecule has 0 aliphatic rings. The highest BCUT2D eigenvalue weighted by Gasteiger charge is 2.17. The van der Waals surface area contributed by atoms with Gasteiger partial charge in [-0.3, -0.25) is 9.59 Å². The lowest BCUT2D eigenvalue weighted by molar-refractivity contribution is -0.143. The topological polar surface area (TPSA) is 76.5 Å². The standard InChI is InChI=1S/C24H25NO4/c1-4-29-23(28)12-11-21(26)24-22(27)14-17-10-9-16(13-20(17)25-24)19-8-6-5-7-18(19)15(2)3/h5-10,13-15,27H,4,11-12H2,1-3H3. The summed E-state index contributed by atoms with van der Waals surface area (Å²) in [7, 11) is 0. The molecule has 0 saturated heterocycles. The fraction of sp³-hybridized carbons (Fsp3) is 0.292. The number of fused-ring (bicyclic) bond motifs is 1. The second-order valence-electron chi connectivity index (χ2n) is 7.23. The van der Waals surface area contributed by atoms with Crippen LogP contribution in [-0.2, 0) is 9.53 Å². The van der Waals surface area contributed by atoms with Gasteiger partial charge in [-0.25, -0.2) is 4.98 Å². The molecule has 0 aliphatic carbocycles. The molecule has 29 heavy (non-hydrogen) atoms. The van der Waals surface area contributed by atoms with Crippen LogP contribution >= 0.6 is 0 Å². The predicted molar refractivity (Wildman–Crippen MR) is 113 cm³/mol. The number of hydrogen-bond donors (Lipinski definition) is 1. The number of hydrogen-bond acceptors (Lipinski definition) is 5. The first-order valence-electron chi connectivity index (χ1n) is 9.82. The van der Waals surface area contributed by atoms with Crippen LogP contribution in [0.15, 0.2) is 48.5 Å². The molecule has 150 valence electrons. The van der Waals surface area contributed by atoms with Crippen LogP contribution in [0.25, 0.3) is 22.0 Å². The van der Waals surface area contributed by atoms with Crippen LogP contribution in [0.5, 0.6) is 5.75 Å². The molecule has 0 spiro atoms. The maximum absolute atomic E-state index is 12.5. The number of ketones is 1. The van der Waals surface area contributed by atoms with Crippen molar-refractivity contribution in [3.05, 3.63) is 59.8 Å². The summed E-state index contributed by atoms with van der Waals surface area (Å²) in [6.07, 6.45) is -0.0889. The first kappa shape index (κ1) is 20.5. The number of aromatic nitrogens is 1. The summed E-state index contributed by atoms with van der Waals surface area (Å²) >= 11 is 0. The van der Waals surface area contributed by atoms with Crippen LogP contribution in [0, 0.1) is 0 Å². The van der Waals surface area contributed by atoms with Gasteiger partial charge in [0.2, 0.25) is 0 Å². The van der Waals surface area contributed by atoms with E-state index in [0.717, 1.165) is 16.5 Å². The molecular weight excluding hydrogens is 366 g/mol. The number of Topliss-reactive ketones (excluding diaryl/α,β-unsaturated/α-hetero) is 1. The van der Waals surface area contributed by atoms with Gasteiger partial charge in [-0.15, -0.1) is 0 Å². The van der Waals surface area contributed by atoms with Gasteiger partial charge in [-0.1, -0.05) is 50.2 Å². The van der Waals surface area contributed by atoms with Crippen molar-refractivity contribution in [2.75, 3.05) is 6.61 Å². The number of aromatic hydroxyl groups is 1. The Morgan fingerprint density at radius 3 is 2.55 bits per heavy atom. The van der Waals surface area contributed by atoms with E-state index in [4.69, 9.17) is 4.74 Å². The maximum Gasteiger partial charge on any atom is 0.306 e. The molecule has 0 aliphatic heterocycles. The lowest BCUT2D eigenvalue weighted by Crippen LogP contribution is -2.09. The number of benzene rings is 2. The third-order valence-electron chi connectivity index (χ3n) is 4.82. The SMILES string of the molecule is CCOC(=O)CCC(=O)c1nc2cc(-c3ccccc3C(C)C)ccc2cc1O. The van der Waals surface area contributed by atoms with Gasteiger partial charge in [0.1, 0.15) is 11.4 Å². The van der Waals surface area contributed by atoms with Crippen molar-refractivity contribution in [2.45, 2.75) is 39.5 Å². The van der Waals surface area contributed by atoms with Crippen molar-refractivity contribution < 1.29 is 19.4 Å². The van der Waals surface area contributed by atoms with E-state index in [1.807, 2.05) is 30.3 Å². The summed E-state index contributed by atoms with van der Waals surface area (Å²) in [6, 6.07) is 15.6. The molecule has 0 amide bonds. The van der Waals surface area contributed by atoms with Gasteiger partial charge in [-0.05, 0) is 41.7 Å². The van der Waals surface area contributed by atoms with E-state index >= 15 is 0 Å². The van der Waals surface area contributed by atoms with Gasteiger partial charge in [0.25, 0.3) is 0 Å². The molecule has 0 bridgehead atoms. The Balaban J connectivity index is 1.96. The molecule has 3 rings (SSSR count). The van der Waals surface area contributed by atoms with E-state index < -0.39 is 5.97 Å². The quantitative estimate of drug-likeness (QED) is 0.439. The van der Waals surface area contributed by atoms with Gasteiger partial charge in [0.15, 0.2) is 5.78 Å². The normalized spacial score (nSPS) is 11.0. The number of ether oxygens (including phenoxy) is 1. The first-order chi connectivity index (χ1) is 13.9. The number of rotatable bonds is 7. The molecule has 5 nitrogen and oxygen atoms in total. The van der Waals surface area contributed by atoms with Crippen LogP contribution in [-0.4, -0.2) is 28.4 Å². The van der Waals surface area contributed by atoms with Gasteiger partial charge in [0, 0.05) is 11.8 Å². The second kappa shape index (κ2) is 8.86. The minimum Gasteiger partial charge on any atom is -0.506 e. The fourth-order valence-corrected chi connectivity index (χ4v) is 3.36. The van der Waals surface area contributed by atoms with Crippen LogP contribution in [0.2, 0.25) is 0 Å². The molecule has 0 fully saturated rings. The van der Waals surface area contributed by atoms with Crippen LogP contribution in [0.4, 0.5) is 0 Å². The summed E-state index contributed by atoms with van der Waals surface area (Å²) in [4.78, 5) is 28.4. The molecule has 0 unspecified atom stereocenters. The minimum atomic E-state index is -0.436. The highest BCUT2D eigenvalue weighted by Crippen LogP contribution is 2.32. The Hall–Kier alpha value is -3.21. The maximum atomic E-state index is 12.5. The van der Waals surface area contributed by atoms with Crippen molar-refractivity contribution in [2.24, 2.45) is 0 Å². The zero-order chi connectivity index (χ0) is 21.0. The fourth-order valence-electron chi connectivity index (χ4n) is 3.36.